The molecule has 1 heterocycles. The number of nitrogens with one attached hydrogen (secondary N) is 1. The summed E-state index contributed by atoms with van der Waals surface area (Å²) in [6.07, 6.45) is 3.38. The number of hydrogen-bond acceptors (Lipinski definition) is 4. The topological polar surface area (TPSA) is 72.5 Å². The second-order valence-electron chi connectivity index (χ2n) is 3.79. The van der Waals surface area contributed by atoms with Gasteiger partial charge in [0.05, 0.1) is 11.1 Å². The number of carbonyl (C=O) groups is 3. The van der Waals surface area contributed by atoms with Crippen LogP contribution in [0.5, 0.6) is 0 Å². The average Bonchev–Trinajstić information content (AvgIpc) is 2.61. The van der Waals surface area contributed by atoms with E-state index in [1.807, 2.05) is 0 Å². The number of carbonyl (C=O) groups excluding carboxylic acids is 3. The van der Waals surface area contributed by atoms with Gasteiger partial charge < -0.3 is 10.1 Å². The number of ether oxygens (including phenoxy) is 1. The number of hydrogen-bond donors (Lipinski definition) is 1. The van der Waals surface area contributed by atoms with E-state index in [0.717, 1.165) is 0 Å². The van der Waals surface area contributed by atoms with Crippen LogP contribution in [0.2, 0.25) is 0 Å². The molecule has 1 N–H and O–H groups in total. The van der Waals surface area contributed by atoms with Gasteiger partial charge in [0, 0.05) is 13.5 Å². The zero-order valence-electron chi connectivity index (χ0n) is 9.73. The molecule has 0 saturated heterocycles. The summed E-state index contributed by atoms with van der Waals surface area (Å²) in [5.41, 5.74) is 1.16. The van der Waals surface area contributed by atoms with Gasteiger partial charge in [0.1, 0.15) is 0 Å². The SMILES string of the molecule is CC(=O)NCC=Cc1cccc2c1C(=O)OC2=O. The Kier molecular flexibility index (Phi) is 3.23. The standard InChI is InChI=1S/C13H11NO4/c1-8(15)14-7-3-5-9-4-2-6-10-11(9)13(17)18-12(10)16/h2-6H,7H2,1H3,(H,14,15). The van der Waals surface area contributed by atoms with Gasteiger partial charge >= 0.3 is 11.9 Å². The van der Waals surface area contributed by atoms with Crippen molar-refractivity contribution in [3.05, 3.63) is 41.0 Å². The summed E-state index contributed by atoms with van der Waals surface area (Å²) in [6, 6.07) is 4.94. The van der Waals surface area contributed by atoms with Crippen LogP contribution in [-0.4, -0.2) is 24.4 Å². The zero-order valence-corrected chi connectivity index (χ0v) is 9.73. The third-order valence-corrected chi connectivity index (χ3v) is 2.47. The van der Waals surface area contributed by atoms with Crippen molar-refractivity contribution in [3.63, 3.8) is 0 Å². The van der Waals surface area contributed by atoms with Gasteiger partial charge in [-0.05, 0) is 11.6 Å². The van der Waals surface area contributed by atoms with Crippen molar-refractivity contribution >= 4 is 23.9 Å². The predicted molar refractivity (Wildman–Crippen MR) is 63.9 cm³/mol. The number of rotatable bonds is 3. The summed E-state index contributed by atoms with van der Waals surface area (Å²) < 4.78 is 4.54. The molecule has 1 aliphatic heterocycles. The van der Waals surface area contributed by atoms with E-state index >= 15 is 0 Å². The van der Waals surface area contributed by atoms with E-state index in [1.54, 1.807) is 30.4 Å². The zero-order chi connectivity index (χ0) is 13.1. The fourth-order valence-electron chi connectivity index (χ4n) is 1.69. The van der Waals surface area contributed by atoms with Crippen LogP contribution in [0.3, 0.4) is 0 Å². The van der Waals surface area contributed by atoms with Gasteiger partial charge in [-0.3, -0.25) is 4.79 Å². The van der Waals surface area contributed by atoms with Gasteiger partial charge in [0.15, 0.2) is 0 Å². The Bertz CT molecular complexity index is 560. The van der Waals surface area contributed by atoms with Crippen LogP contribution in [0.25, 0.3) is 6.08 Å². The molecule has 2 rings (SSSR count). The summed E-state index contributed by atoms with van der Waals surface area (Å²) in [6.45, 7) is 1.78. The van der Waals surface area contributed by atoms with Gasteiger partial charge in [-0.15, -0.1) is 0 Å². The van der Waals surface area contributed by atoms with E-state index in [-0.39, 0.29) is 17.0 Å². The molecule has 0 bridgehead atoms. The number of fused-ring (bicyclic) bond motifs is 1. The van der Waals surface area contributed by atoms with E-state index in [2.05, 4.69) is 10.1 Å². The van der Waals surface area contributed by atoms with Crippen LogP contribution in [0.15, 0.2) is 24.3 Å². The molecule has 92 valence electrons. The minimum atomic E-state index is -0.630. The first-order valence-electron chi connectivity index (χ1n) is 5.40. The highest BCUT2D eigenvalue weighted by atomic mass is 16.6. The lowest BCUT2D eigenvalue weighted by atomic mass is 10.0. The number of benzene rings is 1. The van der Waals surface area contributed by atoms with Gasteiger partial charge in [-0.1, -0.05) is 24.3 Å². The lowest BCUT2D eigenvalue weighted by Crippen LogP contribution is -2.19. The molecule has 0 radical (unpaired) electrons. The van der Waals surface area contributed by atoms with Gasteiger partial charge in [0.2, 0.25) is 5.91 Å². The predicted octanol–water partition coefficient (Wildman–Crippen LogP) is 1.15. The Labute approximate surface area is 103 Å². The highest BCUT2D eigenvalue weighted by Gasteiger charge is 2.31. The van der Waals surface area contributed by atoms with Crippen LogP contribution >= 0.6 is 0 Å². The molecule has 5 heteroatoms. The van der Waals surface area contributed by atoms with Crippen LogP contribution in [-0.2, 0) is 9.53 Å². The second kappa shape index (κ2) is 4.83. The van der Waals surface area contributed by atoms with E-state index in [1.165, 1.54) is 6.92 Å². The lowest BCUT2D eigenvalue weighted by Gasteiger charge is -1.99. The van der Waals surface area contributed by atoms with Crippen molar-refractivity contribution in [2.45, 2.75) is 6.92 Å². The molecule has 0 aliphatic carbocycles. The fraction of sp³-hybridized carbons (Fsp3) is 0.154. The maximum Gasteiger partial charge on any atom is 0.347 e. The maximum atomic E-state index is 11.5. The quantitative estimate of drug-likeness (QED) is 0.640. The molecule has 1 aliphatic rings. The lowest BCUT2D eigenvalue weighted by molar-refractivity contribution is -0.118. The van der Waals surface area contributed by atoms with E-state index in [9.17, 15) is 14.4 Å². The van der Waals surface area contributed by atoms with Gasteiger partial charge in [0.25, 0.3) is 0 Å². The Morgan fingerprint density at radius 2 is 2.11 bits per heavy atom. The van der Waals surface area contributed by atoms with Crippen molar-refractivity contribution in [1.82, 2.24) is 5.32 Å². The minimum absolute atomic E-state index is 0.132. The second-order valence-corrected chi connectivity index (χ2v) is 3.79. The molecular weight excluding hydrogens is 234 g/mol. The van der Waals surface area contributed by atoms with Crippen LogP contribution in [0.1, 0.15) is 33.2 Å². The molecule has 0 fully saturated rings. The summed E-state index contributed by atoms with van der Waals surface area (Å²) in [7, 11) is 0. The molecule has 5 nitrogen and oxygen atoms in total. The van der Waals surface area contributed by atoms with Crippen molar-refractivity contribution in [3.8, 4) is 0 Å². The van der Waals surface area contributed by atoms with Crippen molar-refractivity contribution < 1.29 is 19.1 Å². The van der Waals surface area contributed by atoms with Crippen LogP contribution in [0, 0.1) is 0 Å². The Morgan fingerprint density at radius 1 is 1.33 bits per heavy atom. The molecule has 1 aromatic carbocycles. The highest BCUT2D eigenvalue weighted by molar-refractivity contribution is 6.16. The summed E-state index contributed by atoms with van der Waals surface area (Å²) in [5.74, 6) is -1.38. The number of esters is 2. The monoisotopic (exact) mass is 245 g/mol. The van der Waals surface area contributed by atoms with Crippen LogP contribution in [0.4, 0.5) is 0 Å². The third kappa shape index (κ3) is 2.29. The Hall–Kier alpha value is -2.43. The van der Waals surface area contributed by atoms with Crippen molar-refractivity contribution in [2.24, 2.45) is 0 Å². The van der Waals surface area contributed by atoms with E-state index < -0.39 is 11.9 Å². The molecule has 0 spiro atoms. The number of cyclic esters (lactones) is 2. The van der Waals surface area contributed by atoms with Crippen molar-refractivity contribution in [1.29, 1.82) is 0 Å². The molecule has 1 amide bonds. The first-order valence-corrected chi connectivity index (χ1v) is 5.40. The van der Waals surface area contributed by atoms with Gasteiger partial charge in [-0.2, -0.15) is 0 Å². The Balaban J connectivity index is 2.23. The molecule has 0 atom stereocenters. The molecule has 1 aromatic rings. The highest BCUT2D eigenvalue weighted by Crippen LogP contribution is 2.24. The summed E-state index contributed by atoms with van der Waals surface area (Å²) >= 11 is 0. The average molecular weight is 245 g/mol. The smallest absolute Gasteiger partial charge is 0.347 e. The fourth-order valence-corrected chi connectivity index (χ4v) is 1.69. The molecule has 0 unspecified atom stereocenters. The molecule has 0 saturated carbocycles. The third-order valence-electron chi connectivity index (χ3n) is 2.47. The molecular formula is C13H11NO4. The minimum Gasteiger partial charge on any atom is -0.386 e. The number of amides is 1. The summed E-state index contributed by atoms with van der Waals surface area (Å²) in [5, 5.41) is 2.59. The normalized spacial score (nSPS) is 13.6. The van der Waals surface area contributed by atoms with E-state index in [4.69, 9.17) is 0 Å². The van der Waals surface area contributed by atoms with Crippen LogP contribution < -0.4 is 5.32 Å². The first-order chi connectivity index (χ1) is 8.59. The first kappa shape index (κ1) is 12.0. The largest absolute Gasteiger partial charge is 0.386 e. The Morgan fingerprint density at radius 3 is 2.83 bits per heavy atom. The summed E-state index contributed by atoms with van der Waals surface area (Å²) in [4.78, 5) is 33.5. The molecule has 0 aromatic heterocycles. The van der Waals surface area contributed by atoms with Gasteiger partial charge in [-0.25, -0.2) is 9.59 Å². The molecule has 18 heavy (non-hydrogen) atoms. The van der Waals surface area contributed by atoms with E-state index in [0.29, 0.717) is 12.1 Å². The maximum absolute atomic E-state index is 11.5. The van der Waals surface area contributed by atoms with Crippen molar-refractivity contribution in [2.75, 3.05) is 6.54 Å².